The standard InChI is InChI=1S/C12H17N5/c1-16-8-11(5-15-16)12-6-14-9-17(12)7-10-2-3-13-4-10/h5-6,8-10,13H,2-4,7H2,1H3. The van der Waals surface area contributed by atoms with Crippen LogP contribution in [0.2, 0.25) is 0 Å². The van der Waals surface area contributed by atoms with Crippen molar-refractivity contribution in [2.24, 2.45) is 13.0 Å². The van der Waals surface area contributed by atoms with Crippen molar-refractivity contribution in [1.82, 2.24) is 24.6 Å². The van der Waals surface area contributed by atoms with Crippen molar-refractivity contribution >= 4 is 0 Å². The average molecular weight is 231 g/mol. The lowest BCUT2D eigenvalue weighted by Crippen LogP contribution is -2.14. The van der Waals surface area contributed by atoms with Crippen molar-refractivity contribution < 1.29 is 0 Å². The van der Waals surface area contributed by atoms with Crippen LogP contribution in [0.25, 0.3) is 11.3 Å². The van der Waals surface area contributed by atoms with Crippen LogP contribution in [0.4, 0.5) is 0 Å². The third-order valence-corrected chi connectivity index (χ3v) is 3.33. The Bertz CT molecular complexity index is 492. The molecule has 1 atom stereocenters. The molecular weight excluding hydrogens is 214 g/mol. The van der Waals surface area contributed by atoms with E-state index in [4.69, 9.17) is 0 Å². The average Bonchev–Trinajstić information content (AvgIpc) is 2.99. The monoisotopic (exact) mass is 231 g/mol. The van der Waals surface area contributed by atoms with Gasteiger partial charge in [-0.15, -0.1) is 0 Å². The van der Waals surface area contributed by atoms with E-state index < -0.39 is 0 Å². The lowest BCUT2D eigenvalue weighted by Gasteiger charge is -2.11. The lowest BCUT2D eigenvalue weighted by atomic mass is 10.1. The van der Waals surface area contributed by atoms with Gasteiger partial charge in [0.25, 0.3) is 0 Å². The molecule has 1 aliphatic heterocycles. The van der Waals surface area contributed by atoms with Gasteiger partial charge in [-0.3, -0.25) is 4.68 Å². The SMILES string of the molecule is Cn1cc(-c2cncn2CC2CCNC2)cn1. The minimum absolute atomic E-state index is 0.722. The Morgan fingerprint density at radius 1 is 1.47 bits per heavy atom. The van der Waals surface area contributed by atoms with Gasteiger partial charge in [-0.2, -0.15) is 5.10 Å². The molecule has 1 fully saturated rings. The maximum absolute atomic E-state index is 4.26. The first-order valence-corrected chi connectivity index (χ1v) is 6.03. The van der Waals surface area contributed by atoms with Crippen molar-refractivity contribution in [2.45, 2.75) is 13.0 Å². The van der Waals surface area contributed by atoms with Crippen LogP contribution in [0, 0.1) is 5.92 Å². The number of nitrogens with one attached hydrogen (secondary N) is 1. The predicted octanol–water partition coefficient (Wildman–Crippen LogP) is 0.893. The van der Waals surface area contributed by atoms with Gasteiger partial charge < -0.3 is 9.88 Å². The third-order valence-electron chi connectivity index (χ3n) is 3.33. The van der Waals surface area contributed by atoms with E-state index in [9.17, 15) is 0 Å². The van der Waals surface area contributed by atoms with Gasteiger partial charge in [-0.1, -0.05) is 0 Å². The fraction of sp³-hybridized carbons (Fsp3) is 0.500. The second-order valence-electron chi connectivity index (χ2n) is 4.69. The second-order valence-corrected chi connectivity index (χ2v) is 4.69. The van der Waals surface area contributed by atoms with E-state index in [1.807, 2.05) is 36.6 Å². The van der Waals surface area contributed by atoms with E-state index in [0.717, 1.165) is 36.8 Å². The van der Waals surface area contributed by atoms with Crippen LogP contribution in [0.5, 0.6) is 0 Å². The molecule has 3 heterocycles. The molecule has 0 bridgehead atoms. The predicted molar refractivity (Wildman–Crippen MR) is 65.4 cm³/mol. The highest BCUT2D eigenvalue weighted by Crippen LogP contribution is 2.20. The Morgan fingerprint density at radius 2 is 2.41 bits per heavy atom. The molecule has 5 nitrogen and oxygen atoms in total. The number of rotatable bonds is 3. The molecule has 0 saturated carbocycles. The first-order valence-electron chi connectivity index (χ1n) is 6.03. The molecule has 90 valence electrons. The molecule has 0 amide bonds. The topological polar surface area (TPSA) is 47.7 Å². The van der Waals surface area contributed by atoms with Crippen molar-refractivity contribution in [3.05, 3.63) is 24.9 Å². The van der Waals surface area contributed by atoms with E-state index in [2.05, 4.69) is 20.0 Å². The zero-order chi connectivity index (χ0) is 11.7. The fourth-order valence-electron chi connectivity index (χ4n) is 2.41. The summed E-state index contributed by atoms with van der Waals surface area (Å²) >= 11 is 0. The fourth-order valence-corrected chi connectivity index (χ4v) is 2.41. The van der Waals surface area contributed by atoms with Crippen LogP contribution >= 0.6 is 0 Å². The molecule has 0 radical (unpaired) electrons. The number of aromatic nitrogens is 4. The summed E-state index contributed by atoms with van der Waals surface area (Å²) < 4.78 is 4.05. The number of hydrogen-bond acceptors (Lipinski definition) is 3. The van der Waals surface area contributed by atoms with Crippen molar-refractivity contribution in [2.75, 3.05) is 13.1 Å². The Labute approximate surface area is 100 Å². The molecule has 0 aromatic carbocycles. The second kappa shape index (κ2) is 4.33. The number of nitrogens with zero attached hydrogens (tertiary/aromatic N) is 4. The zero-order valence-electron chi connectivity index (χ0n) is 10.0. The molecule has 0 aliphatic carbocycles. The van der Waals surface area contributed by atoms with E-state index in [0.29, 0.717) is 0 Å². The van der Waals surface area contributed by atoms with E-state index in [1.165, 1.54) is 6.42 Å². The van der Waals surface area contributed by atoms with E-state index in [-0.39, 0.29) is 0 Å². The first kappa shape index (κ1) is 10.5. The van der Waals surface area contributed by atoms with Gasteiger partial charge >= 0.3 is 0 Å². The van der Waals surface area contributed by atoms with Gasteiger partial charge in [-0.05, 0) is 25.4 Å². The van der Waals surface area contributed by atoms with Gasteiger partial charge in [-0.25, -0.2) is 4.98 Å². The molecule has 17 heavy (non-hydrogen) atoms. The highest BCUT2D eigenvalue weighted by Gasteiger charge is 2.16. The maximum atomic E-state index is 4.26. The van der Waals surface area contributed by atoms with Crippen LogP contribution in [0.15, 0.2) is 24.9 Å². The van der Waals surface area contributed by atoms with Crippen LogP contribution in [-0.2, 0) is 13.6 Å². The molecule has 2 aromatic heterocycles. The van der Waals surface area contributed by atoms with Gasteiger partial charge in [0.1, 0.15) is 0 Å². The smallest absolute Gasteiger partial charge is 0.0951 e. The van der Waals surface area contributed by atoms with Crippen molar-refractivity contribution in [1.29, 1.82) is 0 Å². The molecule has 2 aromatic rings. The van der Waals surface area contributed by atoms with Crippen LogP contribution in [0.1, 0.15) is 6.42 Å². The van der Waals surface area contributed by atoms with E-state index in [1.54, 1.807) is 0 Å². The van der Waals surface area contributed by atoms with Crippen LogP contribution in [0.3, 0.4) is 0 Å². The summed E-state index contributed by atoms with van der Waals surface area (Å²) in [6.07, 6.45) is 9.01. The summed E-state index contributed by atoms with van der Waals surface area (Å²) in [6, 6.07) is 0. The van der Waals surface area contributed by atoms with Gasteiger partial charge in [0.2, 0.25) is 0 Å². The zero-order valence-corrected chi connectivity index (χ0v) is 10.0. The Kier molecular flexibility index (Phi) is 2.68. The molecular formula is C12H17N5. The molecule has 1 aliphatic rings. The summed E-state index contributed by atoms with van der Waals surface area (Å²) in [5, 5.41) is 7.61. The first-order chi connectivity index (χ1) is 8.33. The minimum atomic E-state index is 0.722. The van der Waals surface area contributed by atoms with E-state index >= 15 is 0 Å². The van der Waals surface area contributed by atoms with Crippen molar-refractivity contribution in [3.8, 4) is 11.3 Å². The highest BCUT2D eigenvalue weighted by atomic mass is 15.2. The molecule has 5 heteroatoms. The summed E-state index contributed by atoms with van der Waals surface area (Å²) in [5.41, 5.74) is 2.29. The normalized spacial score (nSPS) is 19.9. The van der Waals surface area contributed by atoms with Gasteiger partial charge in [0, 0.05) is 25.4 Å². The highest BCUT2D eigenvalue weighted by molar-refractivity contribution is 5.56. The Morgan fingerprint density at radius 3 is 3.12 bits per heavy atom. The van der Waals surface area contributed by atoms with Crippen LogP contribution < -0.4 is 5.32 Å². The third kappa shape index (κ3) is 2.10. The molecule has 1 N–H and O–H groups in total. The molecule has 3 rings (SSSR count). The largest absolute Gasteiger partial charge is 0.330 e. The Hall–Kier alpha value is -1.62. The maximum Gasteiger partial charge on any atom is 0.0951 e. The quantitative estimate of drug-likeness (QED) is 0.853. The summed E-state index contributed by atoms with van der Waals surface area (Å²) in [7, 11) is 1.94. The summed E-state index contributed by atoms with van der Waals surface area (Å²) in [5.74, 6) is 0.722. The molecule has 0 spiro atoms. The molecule has 1 saturated heterocycles. The number of aryl methyl sites for hydroxylation is 1. The summed E-state index contributed by atoms with van der Waals surface area (Å²) in [4.78, 5) is 4.26. The number of imidazole rings is 1. The summed E-state index contributed by atoms with van der Waals surface area (Å²) in [6.45, 7) is 3.30. The van der Waals surface area contributed by atoms with Gasteiger partial charge in [0.15, 0.2) is 0 Å². The number of hydrogen-bond donors (Lipinski definition) is 1. The lowest BCUT2D eigenvalue weighted by molar-refractivity contribution is 0.484. The van der Waals surface area contributed by atoms with Crippen molar-refractivity contribution in [3.63, 3.8) is 0 Å². The minimum Gasteiger partial charge on any atom is -0.330 e. The molecule has 1 unspecified atom stereocenters. The van der Waals surface area contributed by atoms with Gasteiger partial charge in [0.05, 0.1) is 24.4 Å². The Balaban J connectivity index is 1.83. The van der Waals surface area contributed by atoms with Crippen LogP contribution in [-0.4, -0.2) is 32.4 Å².